The fourth-order valence-corrected chi connectivity index (χ4v) is 3.20. The van der Waals surface area contributed by atoms with E-state index in [2.05, 4.69) is 10.3 Å². The fraction of sp³-hybridized carbons (Fsp3) is 0.214. The van der Waals surface area contributed by atoms with Gasteiger partial charge in [-0.05, 0) is 25.1 Å². The Kier molecular flexibility index (Phi) is 5.11. The summed E-state index contributed by atoms with van der Waals surface area (Å²) in [6.45, 7) is 2.57. The molecule has 0 spiro atoms. The molecule has 3 aromatic rings. The molecular formula is C14H15Cl2N3OS. The first kappa shape index (κ1) is 16.1. The van der Waals surface area contributed by atoms with Crippen LogP contribution in [0.15, 0.2) is 34.9 Å². The average Bonchev–Trinajstić information content (AvgIpc) is 3.04. The molecule has 4 nitrogen and oxygen atoms in total. The molecule has 0 bridgehead atoms. The number of pyridine rings is 1. The lowest BCUT2D eigenvalue weighted by molar-refractivity contribution is 0.518. The molecule has 0 fully saturated rings. The maximum atomic E-state index is 6.07. The van der Waals surface area contributed by atoms with Crippen LogP contribution in [0, 0.1) is 0 Å². The van der Waals surface area contributed by atoms with E-state index in [0.717, 1.165) is 26.5 Å². The summed E-state index contributed by atoms with van der Waals surface area (Å²) in [7, 11) is 0. The van der Waals surface area contributed by atoms with Gasteiger partial charge in [0.05, 0.1) is 28.7 Å². The van der Waals surface area contributed by atoms with Crippen LogP contribution < -0.4 is 11.1 Å². The van der Waals surface area contributed by atoms with E-state index in [1.54, 1.807) is 17.6 Å². The lowest BCUT2D eigenvalue weighted by atomic mass is 10.2. The highest BCUT2D eigenvalue weighted by Crippen LogP contribution is 2.35. The number of rotatable bonds is 4. The maximum absolute atomic E-state index is 6.07. The van der Waals surface area contributed by atoms with Gasteiger partial charge in [-0.1, -0.05) is 11.6 Å². The Bertz CT molecular complexity index is 725. The molecule has 112 valence electrons. The summed E-state index contributed by atoms with van der Waals surface area (Å²) in [5.74, 6) is 0.870. The van der Waals surface area contributed by atoms with Crippen LogP contribution in [0.25, 0.3) is 10.2 Å². The summed E-state index contributed by atoms with van der Waals surface area (Å²) < 4.78 is 6.38. The number of halogens is 2. The monoisotopic (exact) mass is 343 g/mol. The van der Waals surface area contributed by atoms with Crippen LogP contribution in [0.1, 0.15) is 23.6 Å². The SMILES string of the molecule is C[C@H](N)c1cc2nc(Cl)cc(NCc3ccco3)c2s1.Cl. The fourth-order valence-electron chi connectivity index (χ4n) is 1.96. The number of anilines is 1. The minimum absolute atomic E-state index is 0. The van der Waals surface area contributed by atoms with Crippen LogP contribution in [-0.4, -0.2) is 4.98 Å². The van der Waals surface area contributed by atoms with E-state index in [-0.39, 0.29) is 18.4 Å². The quantitative estimate of drug-likeness (QED) is 0.679. The summed E-state index contributed by atoms with van der Waals surface area (Å²) in [6, 6.07) is 7.61. The zero-order chi connectivity index (χ0) is 14.1. The number of nitrogens with one attached hydrogen (secondary N) is 1. The highest BCUT2D eigenvalue weighted by Gasteiger charge is 2.12. The predicted molar refractivity (Wildman–Crippen MR) is 90.5 cm³/mol. The van der Waals surface area contributed by atoms with E-state index in [0.29, 0.717) is 11.7 Å². The summed E-state index contributed by atoms with van der Waals surface area (Å²) >= 11 is 7.71. The average molecular weight is 344 g/mol. The topological polar surface area (TPSA) is 64.1 Å². The molecule has 0 amide bonds. The van der Waals surface area contributed by atoms with Crippen molar-refractivity contribution in [2.24, 2.45) is 5.73 Å². The third kappa shape index (κ3) is 3.49. The van der Waals surface area contributed by atoms with Gasteiger partial charge in [-0.15, -0.1) is 23.7 Å². The smallest absolute Gasteiger partial charge is 0.131 e. The molecule has 0 radical (unpaired) electrons. The number of nitrogens with zero attached hydrogens (tertiary/aromatic N) is 1. The molecule has 1 atom stereocenters. The van der Waals surface area contributed by atoms with Crippen LogP contribution in [0.4, 0.5) is 5.69 Å². The zero-order valence-corrected chi connectivity index (χ0v) is 13.7. The van der Waals surface area contributed by atoms with Crippen molar-refractivity contribution in [3.05, 3.63) is 46.3 Å². The highest BCUT2D eigenvalue weighted by molar-refractivity contribution is 7.19. The molecule has 3 N–H and O–H groups in total. The second-order valence-corrected chi connectivity index (χ2v) is 6.05. The van der Waals surface area contributed by atoms with E-state index in [9.17, 15) is 0 Å². The van der Waals surface area contributed by atoms with E-state index >= 15 is 0 Å². The van der Waals surface area contributed by atoms with Gasteiger partial charge < -0.3 is 15.5 Å². The van der Waals surface area contributed by atoms with Crippen LogP contribution in [-0.2, 0) is 6.54 Å². The van der Waals surface area contributed by atoms with Gasteiger partial charge in [0.2, 0.25) is 0 Å². The van der Waals surface area contributed by atoms with Gasteiger partial charge in [-0.25, -0.2) is 4.98 Å². The first-order chi connectivity index (χ1) is 9.63. The normalized spacial score (nSPS) is 12.1. The van der Waals surface area contributed by atoms with Crippen molar-refractivity contribution < 1.29 is 4.42 Å². The van der Waals surface area contributed by atoms with Crippen LogP contribution in [0.3, 0.4) is 0 Å². The Labute approximate surface area is 137 Å². The largest absolute Gasteiger partial charge is 0.467 e. The predicted octanol–water partition coefficient (Wildman–Crippen LogP) is 4.60. The number of hydrogen-bond acceptors (Lipinski definition) is 5. The van der Waals surface area contributed by atoms with Gasteiger partial charge in [-0.2, -0.15) is 0 Å². The number of furan rings is 1. The molecule has 21 heavy (non-hydrogen) atoms. The Hall–Kier alpha value is -1.27. The van der Waals surface area contributed by atoms with Gasteiger partial charge in [0.25, 0.3) is 0 Å². The maximum Gasteiger partial charge on any atom is 0.131 e. The number of thiophene rings is 1. The molecule has 0 aliphatic heterocycles. The summed E-state index contributed by atoms with van der Waals surface area (Å²) in [6.07, 6.45) is 1.66. The molecule has 0 saturated carbocycles. The van der Waals surface area contributed by atoms with E-state index in [1.165, 1.54) is 0 Å². The van der Waals surface area contributed by atoms with E-state index in [4.69, 9.17) is 21.8 Å². The lowest BCUT2D eigenvalue weighted by Gasteiger charge is -2.06. The Morgan fingerprint density at radius 1 is 1.48 bits per heavy atom. The van der Waals surface area contributed by atoms with Crippen molar-refractivity contribution in [3.63, 3.8) is 0 Å². The number of hydrogen-bond donors (Lipinski definition) is 2. The third-order valence-electron chi connectivity index (χ3n) is 2.95. The lowest BCUT2D eigenvalue weighted by Crippen LogP contribution is -2.01. The molecule has 3 heterocycles. The van der Waals surface area contributed by atoms with Crippen LogP contribution >= 0.6 is 35.3 Å². The first-order valence-corrected chi connectivity index (χ1v) is 7.45. The molecular weight excluding hydrogens is 329 g/mol. The second-order valence-electron chi connectivity index (χ2n) is 4.58. The zero-order valence-electron chi connectivity index (χ0n) is 11.3. The molecule has 0 aromatic carbocycles. The Morgan fingerprint density at radius 2 is 2.29 bits per heavy atom. The molecule has 3 rings (SSSR count). The van der Waals surface area contributed by atoms with Gasteiger partial charge in [-0.3, -0.25) is 0 Å². The van der Waals surface area contributed by atoms with Crippen molar-refractivity contribution in [3.8, 4) is 0 Å². The van der Waals surface area contributed by atoms with Crippen molar-refractivity contribution >= 4 is 51.2 Å². The standard InChI is InChI=1S/C14H14ClN3OS.ClH/c1-8(16)12-5-11-14(20-12)10(6-13(15)18-11)17-7-9-3-2-4-19-9;/h2-6,8H,7,16H2,1H3,(H,17,18);1H/t8-;/m0./s1. The number of fused-ring (bicyclic) bond motifs is 1. The number of nitrogens with two attached hydrogens (primary N) is 1. The van der Waals surface area contributed by atoms with Crippen molar-refractivity contribution in [2.45, 2.75) is 19.5 Å². The molecule has 0 aliphatic rings. The van der Waals surface area contributed by atoms with Gasteiger partial charge in [0.1, 0.15) is 10.9 Å². The summed E-state index contributed by atoms with van der Waals surface area (Å²) in [5, 5.41) is 3.80. The molecule has 3 aromatic heterocycles. The highest BCUT2D eigenvalue weighted by atomic mass is 35.5. The third-order valence-corrected chi connectivity index (χ3v) is 4.50. The minimum atomic E-state index is -0.00843. The minimum Gasteiger partial charge on any atom is -0.467 e. The van der Waals surface area contributed by atoms with Crippen molar-refractivity contribution in [2.75, 3.05) is 5.32 Å². The van der Waals surface area contributed by atoms with Crippen molar-refractivity contribution in [1.29, 1.82) is 0 Å². The van der Waals surface area contributed by atoms with Gasteiger partial charge in [0.15, 0.2) is 0 Å². The van der Waals surface area contributed by atoms with Gasteiger partial charge in [0, 0.05) is 17.0 Å². The van der Waals surface area contributed by atoms with Gasteiger partial charge >= 0.3 is 0 Å². The van der Waals surface area contributed by atoms with Crippen LogP contribution in [0.5, 0.6) is 0 Å². The molecule has 0 aliphatic carbocycles. The summed E-state index contributed by atoms with van der Waals surface area (Å²) in [5.41, 5.74) is 7.76. The Balaban J connectivity index is 0.00000161. The Morgan fingerprint density at radius 3 is 2.95 bits per heavy atom. The first-order valence-electron chi connectivity index (χ1n) is 6.25. The molecule has 0 saturated heterocycles. The summed E-state index contributed by atoms with van der Waals surface area (Å²) in [4.78, 5) is 5.43. The number of aromatic nitrogens is 1. The van der Waals surface area contributed by atoms with Crippen molar-refractivity contribution in [1.82, 2.24) is 4.98 Å². The van der Waals surface area contributed by atoms with E-state index in [1.807, 2.05) is 31.2 Å². The van der Waals surface area contributed by atoms with E-state index < -0.39 is 0 Å². The molecule has 0 unspecified atom stereocenters. The van der Waals surface area contributed by atoms with Crippen LogP contribution in [0.2, 0.25) is 5.15 Å². The second kappa shape index (κ2) is 6.66. The molecule has 7 heteroatoms.